The second kappa shape index (κ2) is 6.75. The first-order chi connectivity index (χ1) is 11.2. The van der Waals surface area contributed by atoms with E-state index < -0.39 is 27.5 Å². The molecule has 1 saturated heterocycles. The molecule has 1 unspecified atom stereocenters. The van der Waals surface area contributed by atoms with Crippen molar-refractivity contribution < 1.29 is 22.7 Å². The monoisotopic (exact) mass is 356 g/mol. The zero-order valence-corrected chi connectivity index (χ0v) is 14.2. The number of carbonyl (C=O) groups excluding carboxylic acids is 2. The van der Waals surface area contributed by atoms with E-state index in [0.717, 1.165) is 0 Å². The molecule has 132 valence electrons. The van der Waals surface area contributed by atoms with Gasteiger partial charge in [-0.2, -0.15) is 0 Å². The molecule has 1 atom stereocenters. The Bertz CT molecular complexity index is 764. The molecule has 5 N–H and O–H groups in total. The number of nitrogens with one attached hydrogen (secondary N) is 3. The van der Waals surface area contributed by atoms with Gasteiger partial charge < -0.3 is 15.8 Å². The van der Waals surface area contributed by atoms with Gasteiger partial charge in [-0.3, -0.25) is 10.1 Å². The number of methoxy groups -OCH3 is 1. The van der Waals surface area contributed by atoms with Gasteiger partial charge in [0.05, 0.1) is 12.0 Å². The number of sulfonamides is 1. The summed E-state index contributed by atoms with van der Waals surface area (Å²) in [6.07, 6.45) is 0.498. The summed E-state index contributed by atoms with van der Waals surface area (Å²) in [4.78, 5) is 23.6. The van der Waals surface area contributed by atoms with E-state index in [4.69, 9.17) is 10.5 Å². The van der Waals surface area contributed by atoms with Crippen LogP contribution in [0, 0.1) is 0 Å². The lowest BCUT2D eigenvalue weighted by Crippen LogP contribution is -2.41. The molecule has 0 radical (unpaired) electrons. The van der Waals surface area contributed by atoms with Crippen molar-refractivity contribution in [3.63, 3.8) is 0 Å². The van der Waals surface area contributed by atoms with Crippen LogP contribution in [0.15, 0.2) is 23.1 Å². The highest BCUT2D eigenvalue weighted by Gasteiger charge is 2.45. The molecule has 0 bridgehead atoms. The Morgan fingerprint density at radius 1 is 1.33 bits per heavy atom. The summed E-state index contributed by atoms with van der Waals surface area (Å²) in [7, 11) is -2.38. The molecule has 1 heterocycles. The van der Waals surface area contributed by atoms with Gasteiger partial charge >= 0.3 is 6.03 Å². The maximum atomic E-state index is 12.3. The lowest BCUT2D eigenvalue weighted by atomic mass is 9.91. The molecule has 0 aliphatic carbocycles. The van der Waals surface area contributed by atoms with Crippen LogP contribution >= 0.6 is 0 Å². The van der Waals surface area contributed by atoms with Crippen molar-refractivity contribution in [1.82, 2.24) is 15.4 Å². The van der Waals surface area contributed by atoms with Crippen molar-refractivity contribution in [2.24, 2.45) is 5.73 Å². The van der Waals surface area contributed by atoms with Gasteiger partial charge in [0.15, 0.2) is 0 Å². The largest absolute Gasteiger partial charge is 0.496 e. The molecular formula is C14H20N4O5S. The molecule has 0 saturated carbocycles. The molecule has 1 aromatic rings. The summed E-state index contributed by atoms with van der Waals surface area (Å²) in [6, 6.07) is 3.47. The first-order valence-electron chi connectivity index (χ1n) is 7.26. The third kappa shape index (κ3) is 3.35. The quantitative estimate of drug-likeness (QED) is 0.379. The number of hydrogen-bond donors (Lipinski definition) is 4. The molecule has 1 aromatic carbocycles. The molecule has 24 heavy (non-hydrogen) atoms. The SMILES string of the molecule is COc1ccc(S(=O)(=O)NCCCN)cc1C1(C)NC(=O)NC1=O. The van der Waals surface area contributed by atoms with Gasteiger partial charge in [-0.25, -0.2) is 17.9 Å². The van der Waals surface area contributed by atoms with Crippen molar-refractivity contribution in [3.05, 3.63) is 23.8 Å². The molecule has 1 aliphatic heterocycles. The van der Waals surface area contributed by atoms with Crippen LogP contribution in [0.5, 0.6) is 5.75 Å². The van der Waals surface area contributed by atoms with E-state index in [1.54, 1.807) is 0 Å². The number of urea groups is 1. The average molecular weight is 356 g/mol. The molecule has 10 heteroatoms. The van der Waals surface area contributed by atoms with Crippen LogP contribution in [0.25, 0.3) is 0 Å². The van der Waals surface area contributed by atoms with Crippen LogP contribution in [-0.2, 0) is 20.4 Å². The summed E-state index contributed by atoms with van der Waals surface area (Å²) in [6.45, 7) is 2.04. The zero-order valence-electron chi connectivity index (χ0n) is 13.4. The van der Waals surface area contributed by atoms with E-state index in [-0.39, 0.29) is 22.8 Å². The molecule has 1 fully saturated rings. The third-order valence-electron chi connectivity index (χ3n) is 3.74. The summed E-state index contributed by atoms with van der Waals surface area (Å²) >= 11 is 0. The highest BCUT2D eigenvalue weighted by Crippen LogP contribution is 2.34. The van der Waals surface area contributed by atoms with Gasteiger partial charge in [-0.15, -0.1) is 0 Å². The van der Waals surface area contributed by atoms with Crippen LogP contribution in [0.4, 0.5) is 4.79 Å². The fraction of sp³-hybridized carbons (Fsp3) is 0.429. The molecule has 9 nitrogen and oxygen atoms in total. The Hall–Kier alpha value is -2.17. The number of nitrogens with two attached hydrogens (primary N) is 1. The summed E-state index contributed by atoms with van der Waals surface area (Å²) in [5.74, 6) is -0.299. The topological polar surface area (TPSA) is 140 Å². The smallest absolute Gasteiger partial charge is 0.322 e. The first kappa shape index (κ1) is 18.2. The van der Waals surface area contributed by atoms with Gasteiger partial charge in [0.1, 0.15) is 11.3 Å². The Morgan fingerprint density at radius 3 is 2.58 bits per heavy atom. The van der Waals surface area contributed by atoms with Crippen LogP contribution in [0.1, 0.15) is 18.9 Å². The van der Waals surface area contributed by atoms with Crippen molar-refractivity contribution in [2.75, 3.05) is 20.2 Å². The predicted molar refractivity (Wildman–Crippen MR) is 85.9 cm³/mol. The van der Waals surface area contributed by atoms with E-state index in [0.29, 0.717) is 13.0 Å². The number of amides is 3. The minimum absolute atomic E-state index is 0.0366. The molecule has 2 rings (SSSR count). The number of hydrogen-bond acceptors (Lipinski definition) is 6. The summed E-state index contributed by atoms with van der Waals surface area (Å²) < 4.78 is 32.3. The van der Waals surface area contributed by atoms with E-state index in [1.165, 1.54) is 32.2 Å². The highest BCUT2D eigenvalue weighted by atomic mass is 32.2. The summed E-state index contributed by atoms with van der Waals surface area (Å²) in [5, 5.41) is 4.62. The van der Waals surface area contributed by atoms with E-state index >= 15 is 0 Å². The van der Waals surface area contributed by atoms with Crippen molar-refractivity contribution in [2.45, 2.75) is 23.8 Å². The lowest BCUT2D eigenvalue weighted by molar-refractivity contribution is -0.123. The predicted octanol–water partition coefficient (Wildman–Crippen LogP) is -0.623. The van der Waals surface area contributed by atoms with Gasteiger partial charge in [0.2, 0.25) is 10.0 Å². The molecule has 1 aliphatic rings. The number of carbonyl (C=O) groups is 2. The minimum atomic E-state index is -3.77. The molecular weight excluding hydrogens is 336 g/mol. The standard InChI is InChI=1S/C14H20N4O5S/c1-14(12(19)17-13(20)18-14)10-8-9(4-5-11(10)23-2)24(21,22)16-7-3-6-15/h4-5,8,16H,3,6-7,15H2,1-2H3,(H2,17,18,19,20). The normalized spacial score (nSPS) is 20.6. The fourth-order valence-corrected chi connectivity index (χ4v) is 3.47. The van der Waals surface area contributed by atoms with E-state index in [2.05, 4.69) is 15.4 Å². The van der Waals surface area contributed by atoms with Crippen LogP contribution in [0.2, 0.25) is 0 Å². The minimum Gasteiger partial charge on any atom is -0.496 e. The van der Waals surface area contributed by atoms with Crippen molar-refractivity contribution in [1.29, 1.82) is 0 Å². The maximum absolute atomic E-state index is 12.3. The summed E-state index contributed by atoms with van der Waals surface area (Å²) in [5.41, 5.74) is 4.17. The van der Waals surface area contributed by atoms with Crippen molar-refractivity contribution >= 4 is 22.0 Å². The van der Waals surface area contributed by atoms with Gasteiger partial charge in [-0.05, 0) is 38.1 Å². The number of benzene rings is 1. The Morgan fingerprint density at radius 2 is 2.04 bits per heavy atom. The Balaban J connectivity index is 2.45. The average Bonchev–Trinajstić information content (AvgIpc) is 2.80. The van der Waals surface area contributed by atoms with E-state index in [9.17, 15) is 18.0 Å². The maximum Gasteiger partial charge on any atom is 0.322 e. The first-order valence-corrected chi connectivity index (χ1v) is 8.75. The second-order valence-corrected chi connectivity index (χ2v) is 7.20. The Kier molecular flexibility index (Phi) is 5.11. The Labute approximate surface area is 140 Å². The highest BCUT2D eigenvalue weighted by molar-refractivity contribution is 7.89. The molecule has 0 spiro atoms. The zero-order chi connectivity index (χ0) is 18.0. The van der Waals surface area contributed by atoms with Crippen LogP contribution in [-0.4, -0.2) is 40.6 Å². The van der Waals surface area contributed by atoms with Crippen LogP contribution < -0.4 is 25.8 Å². The third-order valence-corrected chi connectivity index (χ3v) is 5.20. The number of imide groups is 1. The lowest BCUT2D eigenvalue weighted by Gasteiger charge is -2.24. The molecule has 0 aromatic heterocycles. The number of rotatable bonds is 7. The van der Waals surface area contributed by atoms with Gasteiger partial charge in [-0.1, -0.05) is 0 Å². The van der Waals surface area contributed by atoms with E-state index in [1.807, 2.05) is 0 Å². The van der Waals surface area contributed by atoms with Crippen molar-refractivity contribution in [3.8, 4) is 5.75 Å². The fourth-order valence-electron chi connectivity index (χ4n) is 2.37. The second-order valence-electron chi connectivity index (χ2n) is 5.44. The van der Waals surface area contributed by atoms with Gasteiger partial charge in [0, 0.05) is 12.1 Å². The van der Waals surface area contributed by atoms with Gasteiger partial charge in [0.25, 0.3) is 5.91 Å². The molecule has 3 amide bonds. The van der Waals surface area contributed by atoms with Crippen LogP contribution in [0.3, 0.4) is 0 Å². The number of ether oxygens (including phenoxy) is 1.